The summed E-state index contributed by atoms with van der Waals surface area (Å²) in [6.45, 7) is 6.08. The molecule has 1 aromatic rings. The molecule has 2 heterocycles. The van der Waals surface area contributed by atoms with Crippen LogP contribution in [0.5, 0.6) is 0 Å². The lowest BCUT2D eigenvalue weighted by Crippen LogP contribution is -2.57. The number of piperazine rings is 1. The third-order valence-corrected chi connectivity index (χ3v) is 4.11. The highest BCUT2D eigenvalue weighted by atomic mass is 16.2. The van der Waals surface area contributed by atoms with Gasteiger partial charge in [-0.05, 0) is 31.4 Å². The number of nitrogens with zero attached hydrogens (tertiary/aromatic N) is 2. The monoisotopic (exact) mass is 275 g/mol. The van der Waals surface area contributed by atoms with Crippen LogP contribution < -0.4 is 5.32 Å². The summed E-state index contributed by atoms with van der Waals surface area (Å²) in [5, 5.41) is 3.52. The summed E-state index contributed by atoms with van der Waals surface area (Å²) in [5.74, 6) is 0.266. The number of hydrogen-bond donors (Lipinski definition) is 1. The Balaban J connectivity index is 1.91. The minimum atomic E-state index is 0.266. The van der Waals surface area contributed by atoms with Gasteiger partial charge < -0.3 is 10.2 Å². The van der Waals surface area contributed by atoms with E-state index in [-0.39, 0.29) is 5.91 Å². The van der Waals surface area contributed by atoms with E-state index < -0.39 is 0 Å². The maximum Gasteiger partial charge on any atom is 0.223 e. The molecular formula is C16H25N3O. The summed E-state index contributed by atoms with van der Waals surface area (Å²) in [6.07, 6.45) is 5.16. The van der Waals surface area contributed by atoms with Crippen molar-refractivity contribution in [3.8, 4) is 0 Å². The number of aryl methyl sites for hydroxylation is 1. The maximum absolute atomic E-state index is 12.5. The van der Waals surface area contributed by atoms with Gasteiger partial charge in [0.15, 0.2) is 0 Å². The summed E-state index contributed by atoms with van der Waals surface area (Å²) < 4.78 is 0. The second kappa shape index (κ2) is 7.39. The predicted molar refractivity (Wildman–Crippen MR) is 80.4 cm³/mol. The smallest absolute Gasteiger partial charge is 0.223 e. The lowest BCUT2D eigenvalue weighted by molar-refractivity contribution is -0.135. The fraction of sp³-hybridized carbons (Fsp3) is 0.625. The van der Waals surface area contributed by atoms with Crippen molar-refractivity contribution in [2.75, 3.05) is 13.1 Å². The molecule has 0 bridgehead atoms. The summed E-state index contributed by atoms with van der Waals surface area (Å²) in [4.78, 5) is 18.8. The average molecular weight is 275 g/mol. The van der Waals surface area contributed by atoms with Gasteiger partial charge in [-0.25, -0.2) is 0 Å². The lowest BCUT2D eigenvalue weighted by atomic mass is 10.0. The van der Waals surface area contributed by atoms with E-state index in [1.165, 1.54) is 0 Å². The van der Waals surface area contributed by atoms with Crippen LogP contribution in [0.4, 0.5) is 0 Å². The minimum Gasteiger partial charge on any atom is -0.337 e. The molecule has 20 heavy (non-hydrogen) atoms. The van der Waals surface area contributed by atoms with Crippen LogP contribution in [0.1, 0.15) is 38.8 Å². The molecule has 1 saturated heterocycles. The molecule has 2 unspecified atom stereocenters. The Kier molecular flexibility index (Phi) is 5.53. The normalized spacial score (nSPS) is 22.8. The number of carbonyl (C=O) groups excluding carboxylic acids is 1. The predicted octanol–water partition coefficient (Wildman–Crippen LogP) is 2.00. The number of hydrogen-bond acceptors (Lipinski definition) is 3. The molecule has 0 saturated carbocycles. The topological polar surface area (TPSA) is 45.2 Å². The van der Waals surface area contributed by atoms with Crippen LogP contribution in [0.25, 0.3) is 0 Å². The highest BCUT2D eigenvalue weighted by Gasteiger charge is 2.28. The van der Waals surface area contributed by atoms with Gasteiger partial charge in [0.25, 0.3) is 0 Å². The molecule has 110 valence electrons. The van der Waals surface area contributed by atoms with Crippen LogP contribution in [-0.4, -0.2) is 41.0 Å². The van der Waals surface area contributed by atoms with E-state index in [0.717, 1.165) is 38.0 Å². The molecule has 0 aliphatic carbocycles. The maximum atomic E-state index is 12.5. The number of aromatic nitrogens is 1. The number of pyridine rings is 1. The lowest BCUT2D eigenvalue weighted by Gasteiger charge is -2.40. The number of amides is 1. The van der Waals surface area contributed by atoms with Crippen LogP contribution in [0.15, 0.2) is 24.4 Å². The zero-order valence-electron chi connectivity index (χ0n) is 12.5. The van der Waals surface area contributed by atoms with Gasteiger partial charge in [-0.3, -0.25) is 9.78 Å². The number of carbonyl (C=O) groups is 1. The molecule has 1 aromatic heterocycles. The summed E-state index contributed by atoms with van der Waals surface area (Å²) in [7, 11) is 0. The van der Waals surface area contributed by atoms with Crippen LogP contribution in [0, 0.1) is 0 Å². The van der Waals surface area contributed by atoms with E-state index in [1.807, 2.05) is 18.2 Å². The SMILES string of the molecule is CCC1CN(C(=O)CCc2ccccn2)C(CC)CN1. The van der Waals surface area contributed by atoms with Crippen LogP contribution in [0.2, 0.25) is 0 Å². The fourth-order valence-electron chi connectivity index (χ4n) is 2.73. The molecule has 4 heteroatoms. The molecule has 0 radical (unpaired) electrons. The summed E-state index contributed by atoms with van der Waals surface area (Å²) in [6, 6.07) is 6.64. The molecular weight excluding hydrogens is 250 g/mol. The molecule has 1 aliphatic heterocycles. The van der Waals surface area contributed by atoms with Crippen molar-refractivity contribution in [2.24, 2.45) is 0 Å². The standard InChI is InChI=1S/C16H25N3O/c1-3-13-12-19(15(4-2)11-18-13)16(20)9-8-14-7-5-6-10-17-14/h5-7,10,13,15,18H,3-4,8-9,11-12H2,1-2H3. The van der Waals surface area contributed by atoms with Crippen molar-refractivity contribution < 1.29 is 4.79 Å². The Bertz CT molecular complexity index is 421. The van der Waals surface area contributed by atoms with Crippen LogP contribution in [-0.2, 0) is 11.2 Å². The molecule has 1 aliphatic rings. The molecule has 1 fully saturated rings. The second-order valence-electron chi connectivity index (χ2n) is 5.44. The number of rotatable bonds is 5. The molecule has 2 rings (SSSR count). The Hall–Kier alpha value is -1.42. The third-order valence-electron chi connectivity index (χ3n) is 4.11. The van der Waals surface area contributed by atoms with Gasteiger partial charge in [0.2, 0.25) is 5.91 Å². The molecule has 0 aromatic carbocycles. The minimum absolute atomic E-state index is 0.266. The molecule has 1 N–H and O–H groups in total. The summed E-state index contributed by atoms with van der Waals surface area (Å²) >= 11 is 0. The largest absolute Gasteiger partial charge is 0.337 e. The first-order valence-corrected chi connectivity index (χ1v) is 7.67. The van der Waals surface area contributed by atoms with E-state index in [1.54, 1.807) is 6.20 Å². The average Bonchev–Trinajstić information content (AvgIpc) is 2.52. The van der Waals surface area contributed by atoms with Gasteiger partial charge in [-0.2, -0.15) is 0 Å². The fourth-order valence-corrected chi connectivity index (χ4v) is 2.73. The molecule has 4 nitrogen and oxygen atoms in total. The van der Waals surface area contributed by atoms with Gasteiger partial charge >= 0.3 is 0 Å². The second-order valence-corrected chi connectivity index (χ2v) is 5.44. The van der Waals surface area contributed by atoms with Gasteiger partial charge in [-0.15, -0.1) is 0 Å². The first-order chi connectivity index (χ1) is 9.74. The zero-order valence-corrected chi connectivity index (χ0v) is 12.5. The van der Waals surface area contributed by atoms with Gasteiger partial charge in [0.05, 0.1) is 0 Å². The molecule has 1 amide bonds. The first-order valence-electron chi connectivity index (χ1n) is 7.67. The van der Waals surface area contributed by atoms with E-state index in [2.05, 4.69) is 29.0 Å². The van der Waals surface area contributed by atoms with Crippen LogP contribution >= 0.6 is 0 Å². The first kappa shape index (κ1) is 15.0. The van der Waals surface area contributed by atoms with E-state index >= 15 is 0 Å². The van der Waals surface area contributed by atoms with Crippen molar-refractivity contribution in [1.29, 1.82) is 0 Å². The van der Waals surface area contributed by atoms with Crippen molar-refractivity contribution in [3.05, 3.63) is 30.1 Å². The summed E-state index contributed by atoms with van der Waals surface area (Å²) in [5.41, 5.74) is 0.996. The highest BCUT2D eigenvalue weighted by Crippen LogP contribution is 2.14. The van der Waals surface area contributed by atoms with Crippen molar-refractivity contribution in [3.63, 3.8) is 0 Å². The third kappa shape index (κ3) is 3.79. The van der Waals surface area contributed by atoms with Gasteiger partial charge in [0, 0.05) is 43.5 Å². The van der Waals surface area contributed by atoms with Crippen molar-refractivity contribution in [2.45, 2.75) is 51.6 Å². The van der Waals surface area contributed by atoms with Crippen LogP contribution in [0.3, 0.4) is 0 Å². The van der Waals surface area contributed by atoms with Gasteiger partial charge in [0.1, 0.15) is 0 Å². The Morgan fingerprint density at radius 2 is 2.25 bits per heavy atom. The Labute approximate surface area is 121 Å². The van der Waals surface area contributed by atoms with E-state index in [0.29, 0.717) is 18.5 Å². The van der Waals surface area contributed by atoms with Crippen molar-refractivity contribution >= 4 is 5.91 Å². The van der Waals surface area contributed by atoms with E-state index in [4.69, 9.17) is 0 Å². The zero-order chi connectivity index (χ0) is 14.4. The Morgan fingerprint density at radius 1 is 1.40 bits per heavy atom. The molecule has 0 spiro atoms. The highest BCUT2D eigenvalue weighted by molar-refractivity contribution is 5.77. The number of nitrogens with one attached hydrogen (secondary N) is 1. The Morgan fingerprint density at radius 3 is 2.90 bits per heavy atom. The quantitative estimate of drug-likeness (QED) is 0.894. The van der Waals surface area contributed by atoms with Gasteiger partial charge in [-0.1, -0.05) is 19.9 Å². The van der Waals surface area contributed by atoms with E-state index in [9.17, 15) is 4.79 Å². The van der Waals surface area contributed by atoms with Crippen molar-refractivity contribution in [1.82, 2.24) is 15.2 Å². The molecule has 2 atom stereocenters.